The number of pyridine rings is 1. The maximum atomic E-state index is 13.4. The van der Waals surface area contributed by atoms with Crippen molar-refractivity contribution in [3.63, 3.8) is 0 Å². The molecule has 6 heteroatoms. The Morgan fingerprint density at radius 1 is 1.19 bits per heavy atom. The zero-order chi connectivity index (χ0) is 18.8. The molecule has 1 aromatic heterocycles. The van der Waals surface area contributed by atoms with Crippen LogP contribution in [-0.2, 0) is 25.9 Å². The van der Waals surface area contributed by atoms with E-state index in [9.17, 15) is 4.79 Å². The third kappa shape index (κ3) is 2.43. The Hall–Kier alpha value is -1.50. The lowest BCUT2D eigenvalue weighted by atomic mass is 9.57. The second-order valence-corrected chi connectivity index (χ2v) is 9.01. The first-order chi connectivity index (χ1) is 12.9. The number of aromatic nitrogens is 1. The molecular formula is C21H28N2O4. The Labute approximate surface area is 160 Å². The SMILES string of the molecule is C[C@H]1CC[C@H]2[C@@H](C)C(=O)N(Cc3ccccn3)[C@H]3O[C@@]4(C)CC[C@@H]1[C@]32OO4. The van der Waals surface area contributed by atoms with Gasteiger partial charge in [0.25, 0.3) is 0 Å². The topological polar surface area (TPSA) is 60.9 Å². The highest BCUT2D eigenvalue weighted by Crippen LogP contribution is 2.60. The Bertz CT molecular complexity index is 743. The molecule has 4 saturated heterocycles. The number of likely N-dealkylation sites (tertiary alicyclic amines) is 1. The molecular weight excluding hydrogens is 344 g/mol. The minimum absolute atomic E-state index is 0.116. The van der Waals surface area contributed by atoms with Crippen LogP contribution in [0.3, 0.4) is 0 Å². The smallest absolute Gasteiger partial charge is 0.228 e. The van der Waals surface area contributed by atoms with E-state index in [0.717, 1.165) is 31.4 Å². The van der Waals surface area contributed by atoms with E-state index in [4.69, 9.17) is 14.5 Å². The number of carbonyl (C=O) groups is 1. The van der Waals surface area contributed by atoms with Gasteiger partial charge in [-0.25, -0.2) is 9.78 Å². The molecule has 7 atom stereocenters. The zero-order valence-corrected chi connectivity index (χ0v) is 16.3. The Morgan fingerprint density at radius 3 is 2.81 bits per heavy atom. The van der Waals surface area contributed by atoms with E-state index in [1.807, 2.05) is 36.9 Å². The van der Waals surface area contributed by atoms with Crippen molar-refractivity contribution in [2.75, 3.05) is 0 Å². The summed E-state index contributed by atoms with van der Waals surface area (Å²) in [5.41, 5.74) is 0.276. The largest absolute Gasteiger partial charge is 0.321 e. The molecule has 5 fully saturated rings. The minimum atomic E-state index is -0.805. The molecule has 0 aromatic carbocycles. The van der Waals surface area contributed by atoms with Gasteiger partial charge in [-0.2, -0.15) is 0 Å². The average Bonchev–Trinajstić information content (AvgIpc) is 2.91. The average molecular weight is 372 g/mol. The Balaban J connectivity index is 1.61. The first-order valence-corrected chi connectivity index (χ1v) is 10.2. The Morgan fingerprint density at radius 2 is 2.04 bits per heavy atom. The van der Waals surface area contributed by atoms with Gasteiger partial charge in [-0.1, -0.05) is 19.9 Å². The predicted molar refractivity (Wildman–Crippen MR) is 96.7 cm³/mol. The van der Waals surface area contributed by atoms with Gasteiger partial charge in [0.2, 0.25) is 11.7 Å². The van der Waals surface area contributed by atoms with Crippen LogP contribution in [0.1, 0.15) is 52.1 Å². The predicted octanol–water partition coefficient (Wildman–Crippen LogP) is 3.28. The minimum Gasteiger partial charge on any atom is -0.321 e. The van der Waals surface area contributed by atoms with Gasteiger partial charge in [0, 0.05) is 24.5 Å². The maximum absolute atomic E-state index is 13.4. The van der Waals surface area contributed by atoms with Crippen LogP contribution in [0.5, 0.6) is 0 Å². The number of ether oxygens (including phenoxy) is 1. The molecule has 1 aliphatic carbocycles. The van der Waals surface area contributed by atoms with E-state index in [1.54, 1.807) is 6.20 Å². The molecule has 6 rings (SSSR count). The van der Waals surface area contributed by atoms with Crippen molar-refractivity contribution >= 4 is 5.91 Å². The third-order valence-electron chi connectivity index (χ3n) is 7.42. The third-order valence-corrected chi connectivity index (χ3v) is 7.42. The summed E-state index contributed by atoms with van der Waals surface area (Å²) < 4.78 is 6.51. The van der Waals surface area contributed by atoms with Gasteiger partial charge in [-0.3, -0.25) is 9.78 Å². The van der Waals surface area contributed by atoms with Crippen LogP contribution in [0.2, 0.25) is 0 Å². The van der Waals surface area contributed by atoms with Crippen molar-refractivity contribution in [3.8, 4) is 0 Å². The molecule has 1 spiro atoms. The highest BCUT2D eigenvalue weighted by molar-refractivity contribution is 5.80. The molecule has 0 radical (unpaired) electrons. The molecule has 5 aliphatic rings. The number of amides is 1. The molecule has 1 saturated carbocycles. The Kier molecular flexibility index (Phi) is 3.91. The number of carbonyl (C=O) groups excluding carboxylic acids is 1. The van der Waals surface area contributed by atoms with Gasteiger partial charge in [-0.15, -0.1) is 0 Å². The molecule has 5 heterocycles. The molecule has 1 aromatic rings. The molecule has 0 unspecified atom stereocenters. The number of fused-ring (bicyclic) bond motifs is 2. The van der Waals surface area contributed by atoms with E-state index in [0.29, 0.717) is 18.4 Å². The van der Waals surface area contributed by atoms with Crippen LogP contribution < -0.4 is 0 Å². The van der Waals surface area contributed by atoms with Gasteiger partial charge in [0.05, 0.1) is 12.2 Å². The summed E-state index contributed by atoms with van der Waals surface area (Å²) in [5, 5.41) is 0. The lowest BCUT2D eigenvalue weighted by Gasteiger charge is -2.61. The molecule has 2 bridgehead atoms. The summed E-state index contributed by atoms with van der Waals surface area (Å²) in [4.78, 5) is 31.8. The van der Waals surface area contributed by atoms with E-state index in [1.165, 1.54) is 0 Å². The fraction of sp³-hybridized carbons (Fsp3) is 0.714. The highest BCUT2D eigenvalue weighted by Gasteiger charge is 2.70. The summed E-state index contributed by atoms with van der Waals surface area (Å²) in [6, 6.07) is 5.80. The van der Waals surface area contributed by atoms with Crippen molar-refractivity contribution in [3.05, 3.63) is 30.1 Å². The highest BCUT2D eigenvalue weighted by atomic mass is 17.3. The molecule has 6 nitrogen and oxygen atoms in total. The van der Waals surface area contributed by atoms with Gasteiger partial charge < -0.3 is 9.64 Å². The summed E-state index contributed by atoms with van der Waals surface area (Å²) in [5.74, 6) is 0.185. The molecule has 0 N–H and O–H groups in total. The maximum Gasteiger partial charge on any atom is 0.228 e. The van der Waals surface area contributed by atoms with Crippen molar-refractivity contribution in [1.82, 2.24) is 9.88 Å². The van der Waals surface area contributed by atoms with Crippen molar-refractivity contribution in [2.45, 2.75) is 70.6 Å². The number of hydrogen-bond acceptors (Lipinski definition) is 5. The fourth-order valence-corrected chi connectivity index (χ4v) is 5.98. The van der Waals surface area contributed by atoms with Crippen LogP contribution in [0.4, 0.5) is 0 Å². The van der Waals surface area contributed by atoms with Gasteiger partial charge in [0.1, 0.15) is 0 Å². The summed E-state index contributed by atoms with van der Waals surface area (Å²) in [7, 11) is 0. The van der Waals surface area contributed by atoms with Crippen molar-refractivity contribution < 1.29 is 19.3 Å². The van der Waals surface area contributed by atoms with Crippen LogP contribution in [0, 0.1) is 23.7 Å². The standard InChI is InChI=1S/C21H28N2O4/c1-13-7-8-17-14(2)18(24)23(12-15-6-4-5-11-22-15)19-21(17)16(13)9-10-20(3,25-19)26-27-21/h4-6,11,13-14,16-17,19H,7-10,12H2,1-3H3/t13-,14+,16-,17-,19-,20+,21+/m0/s1. The molecule has 146 valence electrons. The second kappa shape index (κ2) is 6.00. The number of nitrogens with zero attached hydrogens (tertiary/aromatic N) is 2. The van der Waals surface area contributed by atoms with E-state index in [-0.39, 0.29) is 17.7 Å². The van der Waals surface area contributed by atoms with Gasteiger partial charge in [-0.05, 0) is 50.2 Å². The second-order valence-electron chi connectivity index (χ2n) is 9.01. The van der Waals surface area contributed by atoms with Crippen molar-refractivity contribution in [1.29, 1.82) is 0 Å². The van der Waals surface area contributed by atoms with Crippen molar-refractivity contribution in [2.24, 2.45) is 23.7 Å². The van der Waals surface area contributed by atoms with E-state index < -0.39 is 17.6 Å². The van der Waals surface area contributed by atoms with Gasteiger partial charge in [0.15, 0.2) is 11.8 Å². The number of hydrogen-bond donors (Lipinski definition) is 0. The number of rotatable bonds is 2. The molecule has 27 heavy (non-hydrogen) atoms. The van der Waals surface area contributed by atoms with Gasteiger partial charge >= 0.3 is 0 Å². The quantitative estimate of drug-likeness (QED) is 0.746. The zero-order valence-electron chi connectivity index (χ0n) is 16.3. The van der Waals surface area contributed by atoms with E-state index in [2.05, 4.69) is 11.9 Å². The monoisotopic (exact) mass is 372 g/mol. The molecule has 4 aliphatic heterocycles. The summed E-state index contributed by atoms with van der Waals surface area (Å²) in [6.07, 6.45) is 5.22. The first-order valence-electron chi connectivity index (χ1n) is 10.2. The summed E-state index contributed by atoms with van der Waals surface area (Å²) in [6.45, 7) is 6.71. The van der Waals surface area contributed by atoms with Crippen LogP contribution in [0.15, 0.2) is 24.4 Å². The lowest BCUT2D eigenvalue weighted by molar-refractivity contribution is -0.548. The van der Waals surface area contributed by atoms with E-state index >= 15 is 0 Å². The fourth-order valence-electron chi connectivity index (χ4n) is 5.98. The summed E-state index contributed by atoms with van der Waals surface area (Å²) >= 11 is 0. The van der Waals surface area contributed by atoms with Crippen LogP contribution >= 0.6 is 0 Å². The number of piperidine rings is 1. The van der Waals surface area contributed by atoms with Crippen LogP contribution in [0.25, 0.3) is 0 Å². The normalized spacial score (nSPS) is 46.1. The molecule has 1 amide bonds. The lowest BCUT2D eigenvalue weighted by Crippen LogP contribution is -2.74. The van der Waals surface area contributed by atoms with Crippen LogP contribution in [-0.4, -0.2) is 33.4 Å². The first kappa shape index (κ1) is 17.6.